The fourth-order valence-corrected chi connectivity index (χ4v) is 1.18. The number of pyridine rings is 1. The van der Waals surface area contributed by atoms with E-state index >= 15 is 0 Å². The first-order chi connectivity index (χ1) is 7.50. The van der Waals surface area contributed by atoms with Crippen LogP contribution in [0.3, 0.4) is 0 Å². The Morgan fingerprint density at radius 1 is 1.56 bits per heavy atom. The minimum absolute atomic E-state index is 0.155. The Morgan fingerprint density at radius 3 is 2.81 bits per heavy atom. The van der Waals surface area contributed by atoms with E-state index in [1.165, 1.54) is 6.20 Å². The molecule has 7 heteroatoms. The molecular formula is C9H11ClN4O2. The number of halogens is 1. The van der Waals surface area contributed by atoms with E-state index in [1.807, 2.05) is 0 Å². The van der Waals surface area contributed by atoms with Gasteiger partial charge in [-0.3, -0.25) is 9.59 Å². The number of anilines is 1. The first kappa shape index (κ1) is 12.4. The van der Waals surface area contributed by atoms with Crippen LogP contribution >= 0.6 is 11.6 Å². The number of nitrogens with zero attached hydrogens (tertiary/aromatic N) is 1. The normalized spacial score (nSPS) is 11.9. The van der Waals surface area contributed by atoms with Crippen LogP contribution in [0.15, 0.2) is 18.3 Å². The number of nitrogens with two attached hydrogens (primary N) is 2. The van der Waals surface area contributed by atoms with Crippen molar-refractivity contribution in [2.24, 2.45) is 11.5 Å². The predicted molar refractivity (Wildman–Crippen MR) is 59.7 cm³/mol. The van der Waals surface area contributed by atoms with Crippen LogP contribution in [0.5, 0.6) is 0 Å². The van der Waals surface area contributed by atoms with Gasteiger partial charge in [0.05, 0.1) is 18.2 Å². The maximum atomic E-state index is 11.5. The van der Waals surface area contributed by atoms with E-state index in [9.17, 15) is 9.59 Å². The monoisotopic (exact) mass is 242 g/mol. The zero-order valence-corrected chi connectivity index (χ0v) is 9.07. The first-order valence-corrected chi connectivity index (χ1v) is 4.83. The van der Waals surface area contributed by atoms with Crippen molar-refractivity contribution in [2.75, 3.05) is 5.32 Å². The largest absolute Gasteiger partial charge is 0.370 e. The Labute approximate surface area is 97.0 Å². The molecule has 5 N–H and O–H groups in total. The van der Waals surface area contributed by atoms with Gasteiger partial charge in [0, 0.05) is 6.20 Å². The molecule has 0 aliphatic heterocycles. The predicted octanol–water partition coefficient (Wildman–Crippen LogP) is -0.124. The molecule has 1 aromatic rings. The fraction of sp³-hybridized carbons (Fsp3) is 0.222. The highest BCUT2D eigenvalue weighted by Gasteiger charge is 2.16. The number of hydrogen-bond donors (Lipinski definition) is 3. The van der Waals surface area contributed by atoms with E-state index in [4.69, 9.17) is 23.1 Å². The molecule has 16 heavy (non-hydrogen) atoms. The van der Waals surface area contributed by atoms with Crippen molar-refractivity contribution < 1.29 is 9.59 Å². The second-order valence-corrected chi connectivity index (χ2v) is 3.47. The fourth-order valence-electron chi connectivity index (χ4n) is 1.01. The summed E-state index contributed by atoms with van der Waals surface area (Å²) in [6.45, 7) is 0. The highest BCUT2D eigenvalue weighted by Crippen LogP contribution is 2.17. The quantitative estimate of drug-likeness (QED) is 0.639. The molecule has 2 amide bonds. The maximum absolute atomic E-state index is 11.5. The van der Waals surface area contributed by atoms with Gasteiger partial charge in [0.2, 0.25) is 11.8 Å². The summed E-state index contributed by atoms with van der Waals surface area (Å²) < 4.78 is 0. The maximum Gasteiger partial charge on any atom is 0.241 e. The third-order valence-electron chi connectivity index (χ3n) is 1.77. The molecule has 0 spiro atoms. The topological polar surface area (TPSA) is 111 Å². The van der Waals surface area contributed by atoms with Gasteiger partial charge in [-0.2, -0.15) is 0 Å². The van der Waals surface area contributed by atoms with Crippen molar-refractivity contribution in [1.29, 1.82) is 0 Å². The van der Waals surface area contributed by atoms with Crippen molar-refractivity contribution in [3.8, 4) is 0 Å². The van der Waals surface area contributed by atoms with Gasteiger partial charge in [0.25, 0.3) is 0 Å². The van der Waals surface area contributed by atoms with E-state index in [0.717, 1.165) is 0 Å². The summed E-state index contributed by atoms with van der Waals surface area (Å²) in [7, 11) is 0. The lowest BCUT2D eigenvalue weighted by atomic mass is 10.2. The van der Waals surface area contributed by atoms with Crippen molar-refractivity contribution >= 4 is 29.1 Å². The number of primary amides is 1. The Hall–Kier alpha value is -1.66. The summed E-state index contributed by atoms with van der Waals surface area (Å²) in [5.41, 5.74) is 10.7. The molecule has 86 valence electrons. The molecule has 0 aliphatic rings. The molecule has 1 aromatic heterocycles. The molecular weight excluding hydrogens is 232 g/mol. The number of carbonyl (C=O) groups is 2. The van der Waals surface area contributed by atoms with E-state index in [-0.39, 0.29) is 11.6 Å². The van der Waals surface area contributed by atoms with Crippen LogP contribution in [0, 0.1) is 0 Å². The Kier molecular flexibility index (Phi) is 4.21. The van der Waals surface area contributed by atoms with Crippen molar-refractivity contribution in [3.63, 3.8) is 0 Å². The summed E-state index contributed by atoms with van der Waals surface area (Å²) in [6.07, 6.45) is 1.27. The van der Waals surface area contributed by atoms with Crippen LogP contribution in [-0.4, -0.2) is 22.8 Å². The molecule has 0 aliphatic carbocycles. The van der Waals surface area contributed by atoms with Gasteiger partial charge in [0.1, 0.15) is 0 Å². The molecule has 0 bridgehead atoms. The summed E-state index contributed by atoms with van der Waals surface area (Å²) >= 11 is 5.72. The number of rotatable bonds is 4. The van der Waals surface area contributed by atoms with Gasteiger partial charge in [-0.25, -0.2) is 4.98 Å². The van der Waals surface area contributed by atoms with E-state index in [1.54, 1.807) is 12.1 Å². The zero-order chi connectivity index (χ0) is 12.1. The highest BCUT2D eigenvalue weighted by atomic mass is 35.5. The van der Waals surface area contributed by atoms with Gasteiger partial charge in [-0.1, -0.05) is 11.6 Å². The average molecular weight is 243 g/mol. The molecule has 1 unspecified atom stereocenters. The van der Waals surface area contributed by atoms with Crippen LogP contribution in [0.1, 0.15) is 6.42 Å². The van der Waals surface area contributed by atoms with Crippen LogP contribution in [0.4, 0.5) is 5.69 Å². The van der Waals surface area contributed by atoms with Crippen LogP contribution in [-0.2, 0) is 9.59 Å². The minimum atomic E-state index is -0.992. The molecule has 0 aromatic carbocycles. The molecule has 1 atom stereocenters. The lowest BCUT2D eigenvalue weighted by Gasteiger charge is -2.10. The molecule has 0 saturated carbocycles. The summed E-state index contributed by atoms with van der Waals surface area (Å²) in [5, 5.41) is 2.60. The molecule has 0 fully saturated rings. The molecule has 1 heterocycles. The third-order valence-corrected chi connectivity index (χ3v) is 2.08. The van der Waals surface area contributed by atoms with Crippen molar-refractivity contribution in [3.05, 3.63) is 23.5 Å². The van der Waals surface area contributed by atoms with E-state index < -0.39 is 17.9 Å². The lowest BCUT2D eigenvalue weighted by molar-refractivity contribution is -0.123. The standard InChI is InChI=1S/C9H11ClN4O2/c10-8-6(2-1-3-13-8)14-9(16)5(11)4-7(12)15/h1-3,5H,4,11H2,(H2,12,15)(H,14,16). The number of amides is 2. The van der Waals surface area contributed by atoms with Gasteiger partial charge >= 0.3 is 0 Å². The SMILES string of the molecule is NC(=O)CC(N)C(=O)Nc1cccnc1Cl. The number of carbonyl (C=O) groups excluding carboxylic acids is 2. The smallest absolute Gasteiger partial charge is 0.241 e. The molecule has 6 nitrogen and oxygen atoms in total. The zero-order valence-electron chi connectivity index (χ0n) is 8.31. The minimum Gasteiger partial charge on any atom is -0.370 e. The van der Waals surface area contributed by atoms with Crippen molar-refractivity contribution in [1.82, 2.24) is 4.98 Å². The van der Waals surface area contributed by atoms with Crippen LogP contribution in [0.25, 0.3) is 0 Å². The average Bonchev–Trinajstić information content (AvgIpc) is 2.20. The Bertz CT molecular complexity index is 410. The summed E-state index contributed by atoms with van der Waals surface area (Å²) in [5.74, 6) is -1.17. The second kappa shape index (κ2) is 5.43. The van der Waals surface area contributed by atoms with E-state index in [0.29, 0.717) is 5.69 Å². The molecule has 0 saturated heterocycles. The number of hydrogen-bond acceptors (Lipinski definition) is 4. The number of aromatic nitrogens is 1. The first-order valence-electron chi connectivity index (χ1n) is 4.46. The van der Waals surface area contributed by atoms with Crippen molar-refractivity contribution in [2.45, 2.75) is 12.5 Å². The lowest BCUT2D eigenvalue weighted by Crippen LogP contribution is -2.39. The second-order valence-electron chi connectivity index (χ2n) is 3.11. The van der Waals surface area contributed by atoms with Crippen LogP contribution < -0.4 is 16.8 Å². The Balaban J connectivity index is 2.64. The summed E-state index contributed by atoms with van der Waals surface area (Å²) in [4.78, 5) is 25.8. The molecule has 1 rings (SSSR count). The van der Waals surface area contributed by atoms with Gasteiger partial charge in [-0.05, 0) is 12.1 Å². The Morgan fingerprint density at radius 2 is 2.25 bits per heavy atom. The van der Waals surface area contributed by atoms with E-state index in [2.05, 4.69) is 10.3 Å². The van der Waals surface area contributed by atoms with Gasteiger partial charge < -0.3 is 16.8 Å². The van der Waals surface area contributed by atoms with Crippen LogP contribution in [0.2, 0.25) is 5.15 Å². The van der Waals surface area contributed by atoms with Gasteiger partial charge in [0.15, 0.2) is 5.15 Å². The van der Waals surface area contributed by atoms with Gasteiger partial charge in [-0.15, -0.1) is 0 Å². The highest BCUT2D eigenvalue weighted by molar-refractivity contribution is 6.32. The number of nitrogens with one attached hydrogen (secondary N) is 1. The summed E-state index contributed by atoms with van der Waals surface area (Å²) in [6, 6.07) is 2.19. The molecule has 0 radical (unpaired) electrons. The third kappa shape index (κ3) is 3.48.